The van der Waals surface area contributed by atoms with Crippen molar-refractivity contribution in [3.63, 3.8) is 0 Å². The molecule has 0 atom stereocenters. The summed E-state index contributed by atoms with van der Waals surface area (Å²) in [5.74, 6) is 2.06. The molecule has 1 aromatic heterocycles. The predicted molar refractivity (Wildman–Crippen MR) is 74.6 cm³/mol. The molecule has 0 aliphatic carbocycles. The molecule has 94 valence electrons. The first kappa shape index (κ1) is 12.7. The van der Waals surface area contributed by atoms with Gasteiger partial charge in [0.15, 0.2) is 5.16 Å². The summed E-state index contributed by atoms with van der Waals surface area (Å²) >= 11 is 1.48. The van der Waals surface area contributed by atoms with Gasteiger partial charge in [0.2, 0.25) is 5.88 Å². The van der Waals surface area contributed by atoms with Crippen LogP contribution in [-0.4, -0.2) is 23.3 Å². The van der Waals surface area contributed by atoms with Crippen LogP contribution in [0.2, 0.25) is 0 Å². The van der Waals surface area contributed by atoms with Gasteiger partial charge >= 0.3 is 0 Å². The maximum absolute atomic E-state index is 5.71. The summed E-state index contributed by atoms with van der Waals surface area (Å²) in [6.45, 7) is 2.04. The summed E-state index contributed by atoms with van der Waals surface area (Å²) in [6, 6.07) is 9.64. The largest absolute Gasteiger partial charge is 0.439 e. The number of hydrogen-bond acceptors (Lipinski definition) is 5. The van der Waals surface area contributed by atoms with Crippen LogP contribution in [0.25, 0.3) is 0 Å². The topological polar surface area (TPSA) is 47.0 Å². The van der Waals surface area contributed by atoms with Crippen LogP contribution in [0.5, 0.6) is 11.6 Å². The normalized spacial score (nSPS) is 10.2. The molecule has 0 saturated carbocycles. The first-order valence-corrected chi connectivity index (χ1v) is 6.79. The summed E-state index contributed by atoms with van der Waals surface area (Å²) in [5, 5.41) is 3.68. The summed E-state index contributed by atoms with van der Waals surface area (Å²) in [5.41, 5.74) is 1.20. The van der Waals surface area contributed by atoms with Gasteiger partial charge in [-0.2, -0.15) is 4.98 Å². The molecule has 4 nitrogen and oxygen atoms in total. The maximum atomic E-state index is 5.71. The van der Waals surface area contributed by atoms with Gasteiger partial charge in [0, 0.05) is 13.1 Å². The smallest absolute Gasteiger partial charge is 0.225 e. The highest BCUT2D eigenvalue weighted by molar-refractivity contribution is 7.98. The van der Waals surface area contributed by atoms with E-state index in [1.54, 1.807) is 6.07 Å². The number of hydrogen-bond donors (Lipinski definition) is 1. The highest BCUT2D eigenvalue weighted by Crippen LogP contribution is 2.24. The molecule has 0 aliphatic heterocycles. The van der Waals surface area contributed by atoms with E-state index in [9.17, 15) is 0 Å². The molecule has 1 N–H and O–H groups in total. The summed E-state index contributed by atoms with van der Waals surface area (Å²) in [7, 11) is 1.82. The van der Waals surface area contributed by atoms with Crippen LogP contribution < -0.4 is 10.1 Å². The number of nitrogens with zero attached hydrogens (tertiary/aromatic N) is 2. The highest BCUT2D eigenvalue weighted by Gasteiger charge is 2.05. The Bertz CT molecular complexity index is 506. The Hall–Kier alpha value is -1.75. The third-order valence-electron chi connectivity index (χ3n) is 2.36. The fraction of sp³-hybridized carbons (Fsp3) is 0.231. The lowest BCUT2D eigenvalue weighted by molar-refractivity contribution is 0.456. The Morgan fingerprint density at radius 2 is 1.89 bits per heavy atom. The van der Waals surface area contributed by atoms with Gasteiger partial charge in [-0.3, -0.25) is 0 Å². The lowest BCUT2D eigenvalue weighted by Crippen LogP contribution is -1.98. The Kier molecular flexibility index (Phi) is 4.04. The molecule has 18 heavy (non-hydrogen) atoms. The Morgan fingerprint density at radius 3 is 2.50 bits per heavy atom. The molecule has 0 radical (unpaired) electrons. The number of thioether (sulfide) groups is 1. The number of ether oxygens (including phenoxy) is 1. The van der Waals surface area contributed by atoms with Crippen LogP contribution in [0.1, 0.15) is 5.56 Å². The molecule has 0 unspecified atom stereocenters. The Labute approximate surface area is 111 Å². The van der Waals surface area contributed by atoms with E-state index in [1.807, 2.05) is 44.5 Å². The number of nitrogens with one attached hydrogen (secondary N) is 1. The fourth-order valence-electron chi connectivity index (χ4n) is 1.40. The highest BCUT2D eigenvalue weighted by atomic mass is 32.2. The zero-order valence-electron chi connectivity index (χ0n) is 10.6. The summed E-state index contributed by atoms with van der Waals surface area (Å²) < 4.78 is 5.71. The molecule has 1 heterocycles. The van der Waals surface area contributed by atoms with Crippen molar-refractivity contribution in [2.75, 3.05) is 18.6 Å². The van der Waals surface area contributed by atoms with Crippen LogP contribution in [0.4, 0.5) is 5.82 Å². The van der Waals surface area contributed by atoms with Gasteiger partial charge in [0.25, 0.3) is 0 Å². The predicted octanol–water partition coefficient (Wildman–Crippen LogP) is 3.34. The van der Waals surface area contributed by atoms with E-state index in [-0.39, 0.29) is 0 Å². The van der Waals surface area contributed by atoms with Crippen molar-refractivity contribution in [1.29, 1.82) is 0 Å². The van der Waals surface area contributed by atoms with Gasteiger partial charge in [-0.05, 0) is 25.3 Å². The van der Waals surface area contributed by atoms with E-state index in [0.717, 1.165) is 11.6 Å². The molecule has 0 spiro atoms. The molecule has 0 bridgehead atoms. The number of aromatic nitrogens is 2. The van der Waals surface area contributed by atoms with E-state index in [0.29, 0.717) is 11.0 Å². The van der Waals surface area contributed by atoms with Crippen molar-refractivity contribution < 1.29 is 4.74 Å². The minimum absolute atomic E-state index is 0.544. The molecule has 5 heteroatoms. The molecule has 0 aliphatic rings. The average Bonchev–Trinajstić information content (AvgIpc) is 2.41. The SMILES string of the molecule is CNc1cc(Oc2ccc(C)cc2)nc(SC)n1. The van der Waals surface area contributed by atoms with Crippen LogP contribution in [0.3, 0.4) is 0 Å². The van der Waals surface area contributed by atoms with E-state index in [4.69, 9.17) is 4.74 Å². The second-order valence-electron chi connectivity index (χ2n) is 3.74. The van der Waals surface area contributed by atoms with Gasteiger partial charge < -0.3 is 10.1 Å². The zero-order chi connectivity index (χ0) is 13.0. The fourth-order valence-corrected chi connectivity index (χ4v) is 1.77. The second kappa shape index (κ2) is 5.73. The molecule has 2 rings (SSSR count). The second-order valence-corrected chi connectivity index (χ2v) is 4.52. The minimum Gasteiger partial charge on any atom is -0.439 e. The van der Waals surface area contributed by atoms with Gasteiger partial charge in [-0.25, -0.2) is 4.98 Å². The van der Waals surface area contributed by atoms with Gasteiger partial charge in [0.1, 0.15) is 11.6 Å². The van der Waals surface area contributed by atoms with Crippen molar-refractivity contribution in [2.24, 2.45) is 0 Å². The van der Waals surface area contributed by atoms with Crippen molar-refractivity contribution in [1.82, 2.24) is 9.97 Å². The summed E-state index contributed by atoms with van der Waals surface area (Å²) in [4.78, 5) is 8.59. The van der Waals surface area contributed by atoms with Crippen molar-refractivity contribution in [3.8, 4) is 11.6 Å². The van der Waals surface area contributed by atoms with Crippen molar-refractivity contribution in [3.05, 3.63) is 35.9 Å². The van der Waals surface area contributed by atoms with Crippen LogP contribution in [0, 0.1) is 6.92 Å². The lowest BCUT2D eigenvalue weighted by atomic mass is 10.2. The number of benzene rings is 1. The van der Waals surface area contributed by atoms with E-state index in [1.165, 1.54) is 17.3 Å². The molecule has 0 amide bonds. The van der Waals surface area contributed by atoms with Gasteiger partial charge in [0.05, 0.1) is 0 Å². The van der Waals surface area contributed by atoms with E-state index in [2.05, 4.69) is 15.3 Å². The summed E-state index contributed by atoms with van der Waals surface area (Å²) in [6.07, 6.45) is 1.93. The van der Waals surface area contributed by atoms with Gasteiger partial charge in [-0.15, -0.1) is 0 Å². The van der Waals surface area contributed by atoms with Crippen LogP contribution >= 0.6 is 11.8 Å². The first-order valence-electron chi connectivity index (χ1n) is 5.56. The standard InChI is InChI=1S/C13H15N3OS/c1-9-4-6-10(7-5-9)17-12-8-11(14-2)15-13(16-12)18-3/h4-8H,1-3H3,(H,14,15,16). The Balaban J connectivity index is 2.25. The van der Waals surface area contributed by atoms with Crippen molar-refractivity contribution in [2.45, 2.75) is 12.1 Å². The first-order chi connectivity index (χ1) is 8.71. The minimum atomic E-state index is 0.544. The zero-order valence-corrected chi connectivity index (χ0v) is 11.4. The third-order valence-corrected chi connectivity index (χ3v) is 2.91. The maximum Gasteiger partial charge on any atom is 0.225 e. The van der Waals surface area contributed by atoms with Crippen molar-refractivity contribution >= 4 is 17.6 Å². The molecule has 1 aromatic carbocycles. The number of rotatable bonds is 4. The molecule has 0 saturated heterocycles. The molecule has 0 fully saturated rings. The van der Waals surface area contributed by atoms with Crippen LogP contribution in [0.15, 0.2) is 35.5 Å². The Morgan fingerprint density at radius 1 is 1.17 bits per heavy atom. The van der Waals surface area contributed by atoms with E-state index < -0.39 is 0 Å². The third kappa shape index (κ3) is 3.13. The monoisotopic (exact) mass is 261 g/mol. The lowest BCUT2D eigenvalue weighted by Gasteiger charge is -2.08. The average molecular weight is 261 g/mol. The molecule has 2 aromatic rings. The van der Waals surface area contributed by atoms with Gasteiger partial charge in [-0.1, -0.05) is 29.5 Å². The molecular weight excluding hydrogens is 246 g/mol. The molecular formula is C13H15N3OS. The quantitative estimate of drug-likeness (QED) is 0.675. The van der Waals surface area contributed by atoms with Crippen LogP contribution in [-0.2, 0) is 0 Å². The number of aryl methyl sites for hydroxylation is 1. The van der Waals surface area contributed by atoms with E-state index >= 15 is 0 Å². The number of anilines is 1.